The summed E-state index contributed by atoms with van der Waals surface area (Å²) in [5, 5.41) is 2.67. The van der Waals surface area contributed by atoms with Crippen molar-refractivity contribution in [2.45, 2.75) is 51.0 Å². The summed E-state index contributed by atoms with van der Waals surface area (Å²) in [5.74, 6) is -1.21. The number of ether oxygens (including phenoxy) is 1. The fourth-order valence-corrected chi connectivity index (χ4v) is 3.18. The maximum absolute atomic E-state index is 12.0. The van der Waals surface area contributed by atoms with Gasteiger partial charge in [-0.05, 0) is 12.3 Å². The predicted octanol–water partition coefficient (Wildman–Crippen LogP) is 0.532. The molecule has 6 heteroatoms. The van der Waals surface area contributed by atoms with Gasteiger partial charge < -0.3 is 15.8 Å². The lowest BCUT2D eigenvalue weighted by molar-refractivity contribution is -0.143. The molecule has 118 valence electrons. The normalized spacial score (nSPS) is 27.3. The van der Waals surface area contributed by atoms with Gasteiger partial charge in [-0.1, -0.05) is 32.1 Å². The SMILES string of the molecule is NC(=O)C1COCC(=O)C1NC(=O)CCC1CCCCC1. The number of primary amides is 1. The molecule has 0 radical (unpaired) electrons. The first-order valence-electron chi connectivity index (χ1n) is 7.77. The van der Waals surface area contributed by atoms with Gasteiger partial charge in [0, 0.05) is 6.42 Å². The van der Waals surface area contributed by atoms with E-state index in [2.05, 4.69) is 5.32 Å². The summed E-state index contributed by atoms with van der Waals surface area (Å²) in [6, 6.07) is -0.824. The first-order chi connectivity index (χ1) is 10.1. The summed E-state index contributed by atoms with van der Waals surface area (Å²) >= 11 is 0. The van der Waals surface area contributed by atoms with Crippen LogP contribution in [0.1, 0.15) is 44.9 Å². The fourth-order valence-electron chi connectivity index (χ4n) is 3.18. The van der Waals surface area contributed by atoms with Crippen LogP contribution in [0, 0.1) is 11.8 Å². The Morgan fingerprint density at radius 3 is 2.62 bits per heavy atom. The van der Waals surface area contributed by atoms with Crippen LogP contribution in [0.15, 0.2) is 0 Å². The first kappa shape index (κ1) is 15.9. The van der Waals surface area contributed by atoms with Gasteiger partial charge in [0.1, 0.15) is 12.6 Å². The second kappa shape index (κ2) is 7.54. The number of ketones is 1. The third-order valence-electron chi connectivity index (χ3n) is 4.48. The lowest BCUT2D eigenvalue weighted by Crippen LogP contribution is -2.55. The molecule has 0 aromatic carbocycles. The molecule has 21 heavy (non-hydrogen) atoms. The van der Waals surface area contributed by atoms with Crippen LogP contribution in [0.5, 0.6) is 0 Å². The second-order valence-electron chi connectivity index (χ2n) is 6.08. The van der Waals surface area contributed by atoms with Crippen LogP contribution in [0.4, 0.5) is 0 Å². The van der Waals surface area contributed by atoms with Crippen molar-refractivity contribution in [2.75, 3.05) is 13.2 Å². The lowest BCUT2D eigenvalue weighted by Gasteiger charge is -2.29. The number of carbonyl (C=O) groups is 3. The van der Waals surface area contributed by atoms with E-state index >= 15 is 0 Å². The maximum Gasteiger partial charge on any atom is 0.225 e. The van der Waals surface area contributed by atoms with Crippen LogP contribution in [-0.4, -0.2) is 36.9 Å². The molecule has 2 rings (SSSR count). The molecule has 0 bridgehead atoms. The number of nitrogens with two attached hydrogens (primary N) is 1. The van der Waals surface area contributed by atoms with Gasteiger partial charge in [-0.3, -0.25) is 14.4 Å². The number of carbonyl (C=O) groups excluding carboxylic acids is 3. The number of rotatable bonds is 5. The van der Waals surface area contributed by atoms with Crippen molar-refractivity contribution < 1.29 is 19.1 Å². The van der Waals surface area contributed by atoms with Crippen LogP contribution in [0.25, 0.3) is 0 Å². The van der Waals surface area contributed by atoms with E-state index in [1.165, 1.54) is 32.1 Å². The third kappa shape index (κ3) is 4.52. The number of hydrogen-bond acceptors (Lipinski definition) is 4. The minimum absolute atomic E-state index is 0.0721. The zero-order valence-corrected chi connectivity index (χ0v) is 12.3. The predicted molar refractivity (Wildman–Crippen MR) is 76.3 cm³/mol. The van der Waals surface area contributed by atoms with Gasteiger partial charge in [-0.15, -0.1) is 0 Å². The summed E-state index contributed by atoms with van der Waals surface area (Å²) < 4.78 is 5.02. The Hall–Kier alpha value is -1.43. The quantitative estimate of drug-likeness (QED) is 0.773. The Balaban J connectivity index is 1.81. The van der Waals surface area contributed by atoms with E-state index in [9.17, 15) is 14.4 Å². The van der Waals surface area contributed by atoms with E-state index in [-0.39, 0.29) is 24.9 Å². The Morgan fingerprint density at radius 1 is 1.24 bits per heavy atom. The van der Waals surface area contributed by atoms with Gasteiger partial charge >= 0.3 is 0 Å². The molecule has 2 atom stereocenters. The Labute approximate surface area is 124 Å². The minimum Gasteiger partial charge on any atom is -0.373 e. The van der Waals surface area contributed by atoms with Crippen molar-refractivity contribution in [1.82, 2.24) is 5.32 Å². The van der Waals surface area contributed by atoms with Gasteiger partial charge in [0.05, 0.1) is 12.5 Å². The highest BCUT2D eigenvalue weighted by atomic mass is 16.5. The van der Waals surface area contributed by atoms with Crippen LogP contribution in [0.2, 0.25) is 0 Å². The Bertz CT molecular complexity index is 404. The third-order valence-corrected chi connectivity index (χ3v) is 4.48. The first-order valence-corrected chi connectivity index (χ1v) is 7.77. The number of nitrogens with one attached hydrogen (secondary N) is 1. The van der Waals surface area contributed by atoms with E-state index in [4.69, 9.17) is 10.5 Å². The minimum atomic E-state index is -0.824. The molecule has 0 aromatic rings. The summed E-state index contributed by atoms with van der Waals surface area (Å²) in [5.41, 5.74) is 5.26. The molecule has 0 aromatic heterocycles. The maximum atomic E-state index is 12.0. The second-order valence-corrected chi connectivity index (χ2v) is 6.08. The highest BCUT2D eigenvalue weighted by molar-refractivity contribution is 5.95. The molecule has 1 heterocycles. The van der Waals surface area contributed by atoms with Crippen LogP contribution < -0.4 is 11.1 Å². The van der Waals surface area contributed by atoms with E-state index in [0.29, 0.717) is 12.3 Å². The van der Waals surface area contributed by atoms with Gasteiger partial charge in [-0.2, -0.15) is 0 Å². The van der Waals surface area contributed by atoms with Crippen molar-refractivity contribution in [1.29, 1.82) is 0 Å². The molecular weight excluding hydrogens is 272 g/mol. The van der Waals surface area contributed by atoms with Gasteiger partial charge in [-0.25, -0.2) is 0 Å². The monoisotopic (exact) mass is 296 g/mol. The molecule has 2 fully saturated rings. The molecule has 2 aliphatic rings. The van der Waals surface area contributed by atoms with E-state index in [1.807, 2.05) is 0 Å². The smallest absolute Gasteiger partial charge is 0.225 e. The molecule has 3 N–H and O–H groups in total. The highest BCUT2D eigenvalue weighted by Gasteiger charge is 2.37. The standard InChI is InChI=1S/C15H24N2O4/c16-15(20)11-8-21-9-12(18)14(11)17-13(19)7-6-10-4-2-1-3-5-10/h10-11,14H,1-9H2,(H2,16,20)(H,17,19). The van der Waals surface area contributed by atoms with Crippen LogP contribution >= 0.6 is 0 Å². The van der Waals surface area contributed by atoms with Gasteiger partial charge in [0.25, 0.3) is 0 Å². The van der Waals surface area contributed by atoms with E-state index < -0.39 is 17.9 Å². The van der Waals surface area contributed by atoms with Crippen molar-refractivity contribution >= 4 is 17.6 Å². The topological polar surface area (TPSA) is 98.5 Å². The zero-order chi connectivity index (χ0) is 15.2. The summed E-state index contributed by atoms with van der Waals surface area (Å²) in [4.78, 5) is 35.2. The summed E-state index contributed by atoms with van der Waals surface area (Å²) in [6.07, 6.45) is 7.41. The molecule has 1 saturated heterocycles. The van der Waals surface area contributed by atoms with Gasteiger partial charge in [0.15, 0.2) is 5.78 Å². The Morgan fingerprint density at radius 2 is 1.95 bits per heavy atom. The number of Topliss-reactive ketones (excluding diaryl/α,β-unsaturated/α-hetero) is 1. The molecule has 2 amide bonds. The Kier molecular flexibility index (Phi) is 5.73. The molecular formula is C15H24N2O4. The molecule has 1 aliphatic heterocycles. The summed E-state index contributed by atoms with van der Waals surface area (Å²) in [7, 11) is 0. The fraction of sp³-hybridized carbons (Fsp3) is 0.800. The van der Waals surface area contributed by atoms with Crippen LogP contribution in [-0.2, 0) is 19.1 Å². The molecule has 6 nitrogen and oxygen atoms in total. The van der Waals surface area contributed by atoms with Crippen molar-refractivity contribution in [2.24, 2.45) is 17.6 Å². The molecule has 1 saturated carbocycles. The molecule has 1 aliphatic carbocycles. The lowest BCUT2D eigenvalue weighted by atomic mass is 9.86. The molecule has 2 unspecified atom stereocenters. The summed E-state index contributed by atoms with van der Waals surface area (Å²) in [6.45, 7) is 0.0198. The van der Waals surface area contributed by atoms with E-state index in [0.717, 1.165) is 6.42 Å². The number of amides is 2. The number of hydrogen-bond donors (Lipinski definition) is 2. The molecule has 0 spiro atoms. The van der Waals surface area contributed by atoms with Crippen molar-refractivity contribution in [3.05, 3.63) is 0 Å². The highest BCUT2D eigenvalue weighted by Crippen LogP contribution is 2.27. The van der Waals surface area contributed by atoms with E-state index in [1.54, 1.807) is 0 Å². The largest absolute Gasteiger partial charge is 0.373 e. The average Bonchev–Trinajstić information content (AvgIpc) is 2.48. The average molecular weight is 296 g/mol. The van der Waals surface area contributed by atoms with Crippen LogP contribution in [0.3, 0.4) is 0 Å². The zero-order valence-electron chi connectivity index (χ0n) is 12.3. The van der Waals surface area contributed by atoms with Gasteiger partial charge in [0.2, 0.25) is 11.8 Å². The van der Waals surface area contributed by atoms with Crippen molar-refractivity contribution in [3.63, 3.8) is 0 Å². The van der Waals surface area contributed by atoms with Crippen molar-refractivity contribution in [3.8, 4) is 0 Å².